The monoisotopic (exact) mass is 1050 g/mol. The van der Waals surface area contributed by atoms with Gasteiger partial charge in [-0.2, -0.15) is 0 Å². The Morgan fingerprint density at radius 2 is 0.872 bits per heavy atom. The number of para-hydroxylation sites is 2. The molecule has 0 unspecified atom stereocenters. The molecule has 16 heteroatoms. The maximum absolute atomic E-state index is 13.3. The highest BCUT2D eigenvalue weighted by molar-refractivity contribution is 6.01. The fraction of sp³-hybridized carbons (Fsp3) is 0.226. The zero-order chi connectivity index (χ0) is 55.2. The lowest BCUT2D eigenvalue weighted by atomic mass is 10.0. The number of methoxy groups -OCH3 is 4. The van der Waals surface area contributed by atoms with Gasteiger partial charge in [0.1, 0.15) is 36.3 Å². The number of anilines is 2. The summed E-state index contributed by atoms with van der Waals surface area (Å²) in [5.74, 6) is 3.03. The molecular formula is C62H66N6O10. The van der Waals surface area contributed by atoms with Crippen LogP contribution in [0.1, 0.15) is 45.7 Å². The van der Waals surface area contributed by atoms with Gasteiger partial charge in [0, 0.05) is 37.3 Å². The number of rotatable bonds is 24. The molecule has 0 fully saturated rings. The molecule has 0 atom stereocenters. The molecule has 2 aromatic heterocycles. The number of amides is 2. The van der Waals surface area contributed by atoms with Gasteiger partial charge < -0.3 is 59.1 Å². The summed E-state index contributed by atoms with van der Waals surface area (Å²) in [6.07, 6.45) is 0. The SMILES string of the molecule is CCN(Cc1ccccc1)c1ccc(C(=O)NCCOc2ccccc2)c(-c2cc(O)c(OC)c(OC)c2)n1.CCN(Cc1ccccc1)c1ccc(C(=O)NCCOc2ccccc2)c(-c2cc(OC)c(O)c(OC)c2)n1. The number of pyridine rings is 2. The summed E-state index contributed by atoms with van der Waals surface area (Å²) in [5.41, 5.74) is 4.99. The average molecular weight is 1060 g/mol. The summed E-state index contributed by atoms with van der Waals surface area (Å²) in [7, 11) is 5.86. The number of phenolic OH excluding ortho intramolecular Hbond substituents is 2. The summed E-state index contributed by atoms with van der Waals surface area (Å²) in [5, 5.41) is 26.9. The van der Waals surface area contributed by atoms with Crippen molar-refractivity contribution in [2.24, 2.45) is 0 Å². The molecule has 0 aliphatic heterocycles. The molecule has 0 saturated heterocycles. The number of hydrogen-bond acceptors (Lipinski definition) is 14. The molecular weight excluding hydrogens is 989 g/mol. The van der Waals surface area contributed by atoms with Crippen LogP contribution in [-0.2, 0) is 13.1 Å². The van der Waals surface area contributed by atoms with Crippen LogP contribution in [0.2, 0.25) is 0 Å². The molecule has 8 rings (SSSR count). The summed E-state index contributed by atoms with van der Waals surface area (Å²) in [6.45, 7) is 8.11. The van der Waals surface area contributed by atoms with Crippen LogP contribution in [0.5, 0.6) is 46.0 Å². The van der Waals surface area contributed by atoms with Crippen LogP contribution in [0.3, 0.4) is 0 Å². The number of nitrogens with zero attached hydrogens (tertiary/aromatic N) is 4. The average Bonchev–Trinajstić information content (AvgIpc) is 3.51. The number of benzene rings is 6. The Bertz CT molecular complexity index is 3160. The van der Waals surface area contributed by atoms with E-state index in [-0.39, 0.29) is 40.6 Å². The van der Waals surface area contributed by atoms with Gasteiger partial charge in [0.15, 0.2) is 23.0 Å². The van der Waals surface area contributed by atoms with Crippen LogP contribution >= 0.6 is 0 Å². The van der Waals surface area contributed by atoms with E-state index in [2.05, 4.69) is 58.5 Å². The number of carbonyl (C=O) groups is 2. The summed E-state index contributed by atoms with van der Waals surface area (Å²) >= 11 is 0. The molecule has 78 heavy (non-hydrogen) atoms. The topological polar surface area (TPSA) is 186 Å². The lowest BCUT2D eigenvalue weighted by Gasteiger charge is -2.24. The standard InChI is InChI=1S/2C31H33N3O5/c1-4-34(21-22-11-7-5-8-12-22)28-16-15-25(31(36)32-17-18-39-24-13-9-6-10-14-24)29(33-28)23-19-26(37-2)30(35)27(20-23)38-3;1-4-34(21-22-11-7-5-8-12-22)28-16-15-25(31(36)32-17-18-39-24-13-9-6-10-14-24)29(33-28)23-19-26(35)30(38-3)27(20-23)37-2/h2*5-16,19-20,35H,4,17-18,21H2,1-3H3,(H,32,36). The van der Waals surface area contributed by atoms with E-state index >= 15 is 0 Å². The fourth-order valence-corrected chi connectivity index (χ4v) is 8.38. The minimum absolute atomic E-state index is 0.113. The molecule has 16 nitrogen and oxygen atoms in total. The van der Waals surface area contributed by atoms with Crippen LogP contribution in [0.25, 0.3) is 22.5 Å². The van der Waals surface area contributed by atoms with Crippen molar-refractivity contribution in [3.8, 4) is 68.5 Å². The van der Waals surface area contributed by atoms with E-state index in [1.807, 2.05) is 109 Å². The van der Waals surface area contributed by atoms with Crippen molar-refractivity contribution in [2.75, 3.05) is 77.6 Å². The summed E-state index contributed by atoms with van der Waals surface area (Å²) < 4.78 is 32.9. The van der Waals surface area contributed by atoms with Gasteiger partial charge in [-0.25, -0.2) is 9.97 Å². The quantitative estimate of drug-likeness (QED) is 0.0419. The second kappa shape index (κ2) is 28.5. The van der Waals surface area contributed by atoms with E-state index in [1.54, 1.807) is 30.3 Å². The Hall–Kier alpha value is -9.44. The second-order valence-electron chi connectivity index (χ2n) is 17.4. The third-order valence-corrected chi connectivity index (χ3v) is 12.4. The van der Waals surface area contributed by atoms with Crippen LogP contribution in [0.15, 0.2) is 170 Å². The normalized spacial score (nSPS) is 10.5. The van der Waals surface area contributed by atoms with Crippen molar-refractivity contribution in [1.29, 1.82) is 0 Å². The fourth-order valence-electron chi connectivity index (χ4n) is 8.38. The molecule has 2 amide bonds. The lowest BCUT2D eigenvalue weighted by molar-refractivity contribution is 0.0939. The largest absolute Gasteiger partial charge is 0.504 e. The molecule has 2 heterocycles. The van der Waals surface area contributed by atoms with Crippen molar-refractivity contribution >= 4 is 23.5 Å². The maximum Gasteiger partial charge on any atom is 0.253 e. The van der Waals surface area contributed by atoms with E-state index in [1.165, 1.54) is 34.5 Å². The van der Waals surface area contributed by atoms with Gasteiger partial charge in [0.2, 0.25) is 11.5 Å². The van der Waals surface area contributed by atoms with Crippen molar-refractivity contribution in [2.45, 2.75) is 26.9 Å². The Morgan fingerprint density at radius 1 is 0.487 bits per heavy atom. The van der Waals surface area contributed by atoms with Crippen molar-refractivity contribution in [3.05, 3.63) is 192 Å². The Balaban J connectivity index is 0.000000226. The van der Waals surface area contributed by atoms with Gasteiger partial charge in [-0.05, 0) is 97.8 Å². The van der Waals surface area contributed by atoms with Crippen molar-refractivity contribution in [1.82, 2.24) is 20.6 Å². The molecule has 0 aliphatic carbocycles. The van der Waals surface area contributed by atoms with Gasteiger partial charge >= 0.3 is 0 Å². The first-order chi connectivity index (χ1) is 38.1. The van der Waals surface area contributed by atoms with Crippen molar-refractivity contribution in [3.63, 3.8) is 0 Å². The Morgan fingerprint density at radius 3 is 1.26 bits per heavy atom. The molecule has 404 valence electrons. The Labute approximate surface area is 455 Å². The number of hydrogen-bond donors (Lipinski definition) is 4. The zero-order valence-corrected chi connectivity index (χ0v) is 44.8. The maximum atomic E-state index is 13.3. The highest BCUT2D eigenvalue weighted by Gasteiger charge is 2.23. The second-order valence-corrected chi connectivity index (χ2v) is 17.4. The third-order valence-electron chi connectivity index (χ3n) is 12.4. The van der Waals surface area contributed by atoms with Crippen LogP contribution in [0.4, 0.5) is 11.6 Å². The van der Waals surface area contributed by atoms with Gasteiger partial charge in [-0.15, -0.1) is 0 Å². The first kappa shape index (κ1) is 56.3. The predicted molar refractivity (Wildman–Crippen MR) is 304 cm³/mol. The number of nitrogens with one attached hydrogen (secondary N) is 2. The smallest absolute Gasteiger partial charge is 0.253 e. The zero-order valence-electron chi connectivity index (χ0n) is 44.8. The van der Waals surface area contributed by atoms with E-state index < -0.39 is 0 Å². The third kappa shape index (κ3) is 14.9. The Kier molecular flexibility index (Phi) is 20.5. The highest BCUT2D eigenvalue weighted by atomic mass is 16.5. The molecule has 0 bridgehead atoms. The lowest BCUT2D eigenvalue weighted by Crippen LogP contribution is -2.29. The first-order valence-electron chi connectivity index (χ1n) is 25.5. The number of aromatic nitrogens is 2. The molecule has 4 N–H and O–H groups in total. The number of aromatic hydroxyl groups is 2. The van der Waals surface area contributed by atoms with E-state index in [4.69, 9.17) is 38.4 Å². The summed E-state index contributed by atoms with van der Waals surface area (Å²) in [4.78, 5) is 40.7. The first-order valence-corrected chi connectivity index (χ1v) is 25.5. The van der Waals surface area contributed by atoms with E-state index in [9.17, 15) is 19.8 Å². The molecule has 0 spiro atoms. The molecule has 0 saturated carbocycles. The van der Waals surface area contributed by atoms with E-state index in [0.29, 0.717) is 104 Å². The van der Waals surface area contributed by atoms with Gasteiger partial charge in [-0.3, -0.25) is 9.59 Å². The van der Waals surface area contributed by atoms with Crippen LogP contribution < -0.4 is 48.9 Å². The summed E-state index contributed by atoms with van der Waals surface area (Å²) in [6, 6.07) is 52.8. The minimum atomic E-state index is -0.305. The van der Waals surface area contributed by atoms with Crippen LogP contribution in [-0.4, -0.2) is 99.8 Å². The predicted octanol–water partition coefficient (Wildman–Crippen LogP) is 10.6. The van der Waals surface area contributed by atoms with Crippen molar-refractivity contribution < 1.29 is 48.2 Å². The number of ether oxygens (including phenoxy) is 6. The molecule has 0 aliphatic rings. The van der Waals surface area contributed by atoms with Gasteiger partial charge in [0.25, 0.3) is 11.8 Å². The molecule has 6 aromatic carbocycles. The van der Waals surface area contributed by atoms with Gasteiger partial charge in [0.05, 0.1) is 64.0 Å². The van der Waals surface area contributed by atoms with E-state index in [0.717, 1.165) is 22.6 Å². The molecule has 8 aromatic rings. The number of carbonyl (C=O) groups excluding carboxylic acids is 2. The van der Waals surface area contributed by atoms with Crippen LogP contribution in [0, 0.1) is 0 Å². The highest BCUT2D eigenvalue weighted by Crippen LogP contribution is 2.42. The molecule has 0 radical (unpaired) electrons. The minimum Gasteiger partial charge on any atom is -0.504 e. The number of phenols is 2. The van der Waals surface area contributed by atoms with Gasteiger partial charge in [-0.1, -0.05) is 97.1 Å².